The highest BCUT2D eigenvalue weighted by Crippen LogP contribution is 2.15. The van der Waals surface area contributed by atoms with E-state index in [1.165, 1.54) is 24.8 Å². The van der Waals surface area contributed by atoms with E-state index in [9.17, 15) is 0 Å². The van der Waals surface area contributed by atoms with Crippen LogP contribution in [-0.4, -0.2) is 0 Å². The van der Waals surface area contributed by atoms with Crippen molar-refractivity contribution in [1.82, 2.24) is 0 Å². The topological polar surface area (TPSA) is 0 Å². The van der Waals surface area contributed by atoms with Gasteiger partial charge in [0.25, 0.3) is 0 Å². The Bertz CT molecular complexity index is 151. The Morgan fingerprint density at radius 2 is 2.30 bits per heavy atom. The summed E-state index contributed by atoms with van der Waals surface area (Å²) < 4.78 is 0. The molecule has 0 radical (unpaired) electrons. The predicted octanol–water partition coefficient (Wildman–Crippen LogP) is 3.31. The van der Waals surface area contributed by atoms with Gasteiger partial charge in [-0.3, -0.25) is 0 Å². The van der Waals surface area contributed by atoms with E-state index in [0.29, 0.717) is 0 Å². The van der Waals surface area contributed by atoms with E-state index in [-0.39, 0.29) is 0 Å². The molecule has 0 saturated heterocycles. The Morgan fingerprint density at radius 3 is 3.10 bits per heavy atom. The lowest BCUT2D eigenvalue weighted by Crippen LogP contribution is -1.93. The van der Waals surface area contributed by atoms with Crippen LogP contribution >= 0.6 is 0 Å². The molecule has 0 aromatic heterocycles. The zero-order valence-electron chi connectivity index (χ0n) is 6.93. The fourth-order valence-electron chi connectivity index (χ4n) is 1.22. The summed E-state index contributed by atoms with van der Waals surface area (Å²) in [7, 11) is 0. The molecule has 1 atom stereocenters. The first-order valence-electron chi connectivity index (χ1n) is 4.12. The standard InChI is InChI=1S/C10H16/c1-9-5-3-4-6-10(2)8-7-9/h3,5,7,10H,4,6,8H2,1-2H3/b5-3-,9-7-. The van der Waals surface area contributed by atoms with Crippen molar-refractivity contribution in [3.8, 4) is 0 Å². The van der Waals surface area contributed by atoms with Crippen LogP contribution in [0.25, 0.3) is 0 Å². The van der Waals surface area contributed by atoms with Crippen LogP contribution in [0.15, 0.2) is 23.8 Å². The van der Waals surface area contributed by atoms with Crippen molar-refractivity contribution in [1.29, 1.82) is 0 Å². The lowest BCUT2D eigenvalue weighted by atomic mass is 9.98. The fourth-order valence-corrected chi connectivity index (χ4v) is 1.22. The SMILES string of the molecule is CC1=C/CC(C)CC/C=C\1. The molecular weight excluding hydrogens is 120 g/mol. The van der Waals surface area contributed by atoms with E-state index in [1.807, 2.05) is 0 Å². The first-order chi connectivity index (χ1) is 4.79. The van der Waals surface area contributed by atoms with E-state index in [0.717, 1.165) is 5.92 Å². The summed E-state index contributed by atoms with van der Waals surface area (Å²) in [6, 6.07) is 0. The minimum Gasteiger partial charge on any atom is -0.0843 e. The van der Waals surface area contributed by atoms with Crippen LogP contribution < -0.4 is 0 Å². The molecule has 0 N–H and O–H groups in total. The highest BCUT2D eigenvalue weighted by atomic mass is 14.1. The van der Waals surface area contributed by atoms with Gasteiger partial charge in [-0.25, -0.2) is 0 Å². The Morgan fingerprint density at radius 1 is 1.50 bits per heavy atom. The highest BCUT2D eigenvalue weighted by molar-refractivity contribution is 5.16. The molecule has 0 heteroatoms. The summed E-state index contributed by atoms with van der Waals surface area (Å²) in [6.07, 6.45) is 10.7. The van der Waals surface area contributed by atoms with Crippen molar-refractivity contribution in [3.05, 3.63) is 23.8 Å². The molecular formula is C10H16. The molecule has 0 aliphatic heterocycles. The van der Waals surface area contributed by atoms with Crippen LogP contribution in [0.4, 0.5) is 0 Å². The predicted molar refractivity (Wildman–Crippen MR) is 45.9 cm³/mol. The van der Waals surface area contributed by atoms with Crippen molar-refractivity contribution in [3.63, 3.8) is 0 Å². The summed E-state index contributed by atoms with van der Waals surface area (Å²) in [4.78, 5) is 0. The fraction of sp³-hybridized carbons (Fsp3) is 0.600. The highest BCUT2D eigenvalue weighted by Gasteiger charge is 1.99. The molecule has 0 fully saturated rings. The van der Waals surface area contributed by atoms with Gasteiger partial charge in [0.1, 0.15) is 0 Å². The third kappa shape index (κ3) is 2.38. The second-order valence-electron chi connectivity index (χ2n) is 3.27. The molecule has 1 aliphatic carbocycles. The Hall–Kier alpha value is -0.520. The smallest absolute Gasteiger partial charge is 0.0319 e. The molecule has 10 heavy (non-hydrogen) atoms. The van der Waals surface area contributed by atoms with E-state index in [1.54, 1.807) is 0 Å². The molecule has 0 bridgehead atoms. The summed E-state index contributed by atoms with van der Waals surface area (Å²) in [5.74, 6) is 0.875. The maximum atomic E-state index is 2.33. The number of rotatable bonds is 0. The van der Waals surface area contributed by atoms with E-state index in [4.69, 9.17) is 0 Å². The van der Waals surface area contributed by atoms with Crippen LogP contribution in [0, 0.1) is 5.92 Å². The summed E-state index contributed by atoms with van der Waals surface area (Å²) in [6.45, 7) is 4.50. The van der Waals surface area contributed by atoms with Crippen LogP contribution in [0.5, 0.6) is 0 Å². The second-order valence-corrected chi connectivity index (χ2v) is 3.27. The van der Waals surface area contributed by atoms with Crippen molar-refractivity contribution in [2.24, 2.45) is 5.92 Å². The minimum absolute atomic E-state index is 0.875. The average Bonchev–Trinajstić information content (AvgIpc) is 1.90. The Labute approximate surface area is 63.6 Å². The lowest BCUT2D eigenvalue weighted by Gasteiger charge is -2.08. The molecule has 1 rings (SSSR count). The van der Waals surface area contributed by atoms with Crippen LogP contribution in [0.3, 0.4) is 0 Å². The first kappa shape index (κ1) is 7.59. The molecule has 0 spiro atoms. The molecule has 0 aromatic carbocycles. The van der Waals surface area contributed by atoms with Crippen molar-refractivity contribution < 1.29 is 0 Å². The van der Waals surface area contributed by atoms with Gasteiger partial charge < -0.3 is 0 Å². The summed E-state index contributed by atoms with van der Waals surface area (Å²) in [5, 5.41) is 0. The summed E-state index contributed by atoms with van der Waals surface area (Å²) >= 11 is 0. The number of hydrogen-bond donors (Lipinski definition) is 0. The molecule has 0 aromatic rings. The Balaban J connectivity index is 2.54. The zero-order chi connectivity index (χ0) is 7.40. The molecule has 0 saturated carbocycles. The monoisotopic (exact) mass is 136 g/mol. The molecule has 0 amide bonds. The maximum Gasteiger partial charge on any atom is -0.0319 e. The van der Waals surface area contributed by atoms with Gasteiger partial charge in [0.05, 0.1) is 0 Å². The van der Waals surface area contributed by atoms with Crippen LogP contribution in [0.1, 0.15) is 33.1 Å². The molecule has 56 valence electrons. The first-order valence-corrected chi connectivity index (χ1v) is 4.12. The quantitative estimate of drug-likeness (QED) is 0.479. The van der Waals surface area contributed by atoms with E-state index in [2.05, 4.69) is 32.1 Å². The van der Waals surface area contributed by atoms with Crippen LogP contribution in [0.2, 0.25) is 0 Å². The molecule has 0 nitrogen and oxygen atoms in total. The van der Waals surface area contributed by atoms with Crippen LogP contribution in [-0.2, 0) is 0 Å². The van der Waals surface area contributed by atoms with Gasteiger partial charge in [0.15, 0.2) is 0 Å². The molecule has 1 aliphatic rings. The normalized spacial score (nSPS) is 35.4. The Kier molecular flexibility index (Phi) is 2.73. The maximum absolute atomic E-state index is 2.33. The molecule has 0 heterocycles. The van der Waals surface area contributed by atoms with E-state index >= 15 is 0 Å². The van der Waals surface area contributed by atoms with Gasteiger partial charge in [-0.15, -0.1) is 0 Å². The largest absolute Gasteiger partial charge is 0.0843 e. The van der Waals surface area contributed by atoms with Gasteiger partial charge in [-0.1, -0.05) is 30.7 Å². The average molecular weight is 136 g/mol. The number of allylic oxidation sites excluding steroid dienone is 4. The second kappa shape index (κ2) is 3.60. The van der Waals surface area contributed by atoms with Gasteiger partial charge >= 0.3 is 0 Å². The summed E-state index contributed by atoms with van der Waals surface area (Å²) in [5.41, 5.74) is 1.42. The van der Waals surface area contributed by atoms with Crippen molar-refractivity contribution in [2.45, 2.75) is 33.1 Å². The van der Waals surface area contributed by atoms with Gasteiger partial charge in [0.2, 0.25) is 0 Å². The van der Waals surface area contributed by atoms with E-state index < -0.39 is 0 Å². The van der Waals surface area contributed by atoms with Crippen molar-refractivity contribution in [2.75, 3.05) is 0 Å². The number of hydrogen-bond acceptors (Lipinski definition) is 0. The van der Waals surface area contributed by atoms with Gasteiger partial charge in [-0.05, 0) is 32.1 Å². The lowest BCUT2D eigenvalue weighted by molar-refractivity contribution is 0.543. The van der Waals surface area contributed by atoms with Gasteiger partial charge in [-0.2, -0.15) is 0 Å². The van der Waals surface area contributed by atoms with Crippen molar-refractivity contribution >= 4 is 0 Å². The third-order valence-corrected chi connectivity index (χ3v) is 2.05. The minimum atomic E-state index is 0.875. The zero-order valence-corrected chi connectivity index (χ0v) is 6.93. The third-order valence-electron chi connectivity index (χ3n) is 2.05. The molecule has 1 unspecified atom stereocenters. The van der Waals surface area contributed by atoms with Gasteiger partial charge in [0, 0.05) is 0 Å².